The molecule has 7 heteroatoms. The van der Waals surface area contributed by atoms with Gasteiger partial charge in [-0.05, 0) is 60.1 Å². The molecule has 0 bridgehead atoms. The molecule has 0 radical (unpaired) electrons. The van der Waals surface area contributed by atoms with E-state index in [-0.39, 0.29) is 12.6 Å². The Kier molecular flexibility index (Phi) is 8.67. The Bertz CT molecular complexity index is 944. The lowest BCUT2D eigenvalue weighted by molar-refractivity contribution is -0.124. The van der Waals surface area contributed by atoms with Gasteiger partial charge in [0, 0.05) is 31.8 Å². The van der Waals surface area contributed by atoms with Crippen molar-refractivity contribution in [3.8, 4) is 11.5 Å². The smallest absolute Gasteiger partial charge is 0.267 e. The lowest BCUT2D eigenvalue weighted by Gasteiger charge is -2.30. The number of rotatable bonds is 11. The highest BCUT2D eigenvalue weighted by Gasteiger charge is 2.28. The number of carbonyl (C=O) groups is 1. The Morgan fingerprint density at radius 2 is 2.06 bits per heavy atom. The first-order chi connectivity index (χ1) is 15.6. The third-order valence-electron chi connectivity index (χ3n) is 5.95. The molecule has 1 atom stereocenters. The van der Waals surface area contributed by atoms with Crippen molar-refractivity contribution in [2.45, 2.75) is 31.7 Å². The van der Waals surface area contributed by atoms with Crippen LogP contribution in [0.3, 0.4) is 0 Å². The van der Waals surface area contributed by atoms with Crippen LogP contribution in [0.4, 0.5) is 0 Å². The van der Waals surface area contributed by atoms with Crippen LogP contribution in [0, 0.1) is 0 Å². The molecular weight excluding hydrogens is 408 g/mol. The highest BCUT2D eigenvalue weighted by Crippen LogP contribution is 2.37. The van der Waals surface area contributed by atoms with Gasteiger partial charge in [-0.2, -0.15) is 0 Å². The van der Waals surface area contributed by atoms with Crippen molar-refractivity contribution in [2.75, 3.05) is 33.9 Å². The van der Waals surface area contributed by atoms with Gasteiger partial charge in [0.15, 0.2) is 11.5 Å². The second-order valence-corrected chi connectivity index (χ2v) is 7.84. The zero-order chi connectivity index (χ0) is 22.9. The van der Waals surface area contributed by atoms with E-state index in [2.05, 4.69) is 23.1 Å². The number of methoxy groups -OCH3 is 2. The number of aliphatic hydroxyl groups is 1. The summed E-state index contributed by atoms with van der Waals surface area (Å²) >= 11 is 0. The van der Waals surface area contributed by atoms with Gasteiger partial charge in [-0.1, -0.05) is 30.3 Å². The molecule has 0 aliphatic heterocycles. The molecule has 0 heterocycles. The maximum absolute atomic E-state index is 11.2. The normalized spacial score (nSPS) is 15.2. The molecule has 0 aromatic heterocycles. The van der Waals surface area contributed by atoms with E-state index in [1.54, 1.807) is 25.8 Å². The first-order valence-corrected chi connectivity index (χ1v) is 10.9. The minimum absolute atomic E-state index is 0.162. The van der Waals surface area contributed by atoms with E-state index in [1.165, 1.54) is 17.2 Å². The van der Waals surface area contributed by atoms with Crippen molar-refractivity contribution >= 4 is 12.0 Å². The molecule has 32 heavy (non-hydrogen) atoms. The van der Waals surface area contributed by atoms with Crippen molar-refractivity contribution in [1.29, 1.82) is 0 Å². The fourth-order valence-electron chi connectivity index (χ4n) is 4.42. The number of aliphatic hydroxyl groups excluding tert-OH is 1. The highest BCUT2D eigenvalue weighted by atomic mass is 16.5. The van der Waals surface area contributed by atoms with Crippen LogP contribution in [0.1, 0.15) is 41.1 Å². The summed E-state index contributed by atoms with van der Waals surface area (Å²) in [4.78, 5) is 13.7. The molecule has 1 unspecified atom stereocenters. The summed E-state index contributed by atoms with van der Waals surface area (Å²) < 4.78 is 11.0. The zero-order valence-corrected chi connectivity index (χ0v) is 18.7. The van der Waals surface area contributed by atoms with Crippen molar-refractivity contribution < 1.29 is 24.6 Å². The van der Waals surface area contributed by atoms with Gasteiger partial charge in [-0.25, -0.2) is 5.48 Å². The Hall–Kier alpha value is -2.87. The van der Waals surface area contributed by atoms with E-state index in [9.17, 15) is 9.90 Å². The monoisotopic (exact) mass is 440 g/mol. The van der Waals surface area contributed by atoms with E-state index in [0.717, 1.165) is 61.4 Å². The van der Waals surface area contributed by atoms with Gasteiger partial charge in [0.25, 0.3) is 5.91 Å². The van der Waals surface area contributed by atoms with Crippen molar-refractivity contribution in [1.82, 2.24) is 10.4 Å². The first-order valence-electron chi connectivity index (χ1n) is 10.9. The number of nitrogens with zero attached hydrogens (tertiary/aromatic N) is 1. The fraction of sp³-hybridized carbons (Fsp3) is 0.400. The lowest BCUT2D eigenvalue weighted by atomic mass is 10.0. The molecule has 1 amide bonds. The number of nitrogens with one attached hydrogen (secondary N) is 1. The zero-order valence-electron chi connectivity index (χ0n) is 18.7. The van der Waals surface area contributed by atoms with E-state index in [1.807, 2.05) is 18.2 Å². The van der Waals surface area contributed by atoms with Gasteiger partial charge in [0.1, 0.15) is 0 Å². The van der Waals surface area contributed by atoms with Crippen molar-refractivity contribution in [2.24, 2.45) is 0 Å². The maximum Gasteiger partial charge on any atom is 0.267 e. The van der Waals surface area contributed by atoms with Crippen LogP contribution >= 0.6 is 0 Å². The summed E-state index contributed by atoms with van der Waals surface area (Å²) in [5.74, 6) is 0.951. The number of benzene rings is 2. The average molecular weight is 441 g/mol. The second-order valence-electron chi connectivity index (χ2n) is 7.84. The van der Waals surface area contributed by atoms with Gasteiger partial charge in [0.2, 0.25) is 0 Å². The number of fused-ring (bicyclic) bond motifs is 1. The van der Waals surface area contributed by atoms with Crippen LogP contribution in [0.15, 0.2) is 42.5 Å². The number of hydrogen-bond donors (Lipinski definition) is 3. The molecule has 1 aliphatic carbocycles. The van der Waals surface area contributed by atoms with Crippen LogP contribution in [0.5, 0.6) is 11.5 Å². The van der Waals surface area contributed by atoms with Gasteiger partial charge >= 0.3 is 0 Å². The fourth-order valence-corrected chi connectivity index (χ4v) is 4.42. The number of para-hydroxylation sites is 1. The number of hydrogen-bond acceptors (Lipinski definition) is 6. The van der Waals surface area contributed by atoms with E-state index < -0.39 is 5.91 Å². The maximum atomic E-state index is 11.2. The lowest BCUT2D eigenvalue weighted by Crippen LogP contribution is -2.31. The number of carbonyl (C=O) groups excluding carboxylic acids is 1. The third kappa shape index (κ3) is 5.68. The van der Waals surface area contributed by atoms with Gasteiger partial charge < -0.3 is 14.6 Å². The highest BCUT2D eigenvalue weighted by molar-refractivity contribution is 5.90. The predicted molar refractivity (Wildman–Crippen MR) is 123 cm³/mol. The Morgan fingerprint density at radius 1 is 1.22 bits per heavy atom. The van der Waals surface area contributed by atoms with Gasteiger partial charge in [-0.15, -0.1) is 0 Å². The topological polar surface area (TPSA) is 91.3 Å². The number of aryl methyl sites for hydroxylation is 1. The summed E-state index contributed by atoms with van der Waals surface area (Å²) in [6.07, 6.45) is 6.51. The molecule has 1 aliphatic rings. The van der Waals surface area contributed by atoms with E-state index in [4.69, 9.17) is 14.7 Å². The van der Waals surface area contributed by atoms with Gasteiger partial charge in [-0.3, -0.25) is 14.9 Å². The number of ether oxygens (including phenoxy) is 2. The summed E-state index contributed by atoms with van der Waals surface area (Å²) in [6, 6.07) is 12.4. The number of hydroxylamine groups is 1. The number of amides is 1. The largest absolute Gasteiger partial charge is 0.493 e. The molecule has 2 aromatic rings. The molecule has 0 saturated carbocycles. The molecule has 0 fully saturated rings. The van der Waals surface area contributed by atoms with Crippen molar-refractivity contribution in [3.05, 3.63) is 64.7 Å². The van der Waals surface area contributed by atoms with E-state index in [0.29, 0.717) is 0 Å². The molecular formula is C25H32N2O5. The van der Waals surface area contributed by atoms with Crippen LogP contribution in [-0.4, -0.2) is 55.0 Å². The van der Waals surface area contributed by atoms with Gasteiger partial charge in [0.05, 0.1) is 14.2 Å². The first kappa shape index (κ1) is 23.8. The molecule has 172 valence electrons. The Morgan fingerprint density at radius 3 is 2.78 bits per heavy atom. The second kappa shape index (κ2) is 11.7. The average Bonchev–Trinajstić information content (AvgIpc) is 3.25. The minimum atomic E-state index is -0.550. The molecule has 2 aromatic carbocycles. The Balaban J connectivity index is 1.77. The standard InChI is InChI=1S/C25H32N2O5/c1-31-23-6-3-5-19(25(23)32-2)13-15-27(14-4-16-28)22-11-9-20-17-18(7-10-21(20)22)8-12-24(29)26-30/h3,5-8,10,12,17,22,28,30H,4,9,11,13-16H2,1-2H3,(H,26,29). The summed E-state index contributed by atoms with van der Waals surface area (Å²) in [6.45, 7) is 1.81. The minimum Gasteiger partial charge on any atom is -0.493 e. The quantitative estimate of drug-likeness (QED) is 0.283. The molecule has 3 N–H and O–H groups in total. The predicted octanol–water partition coefficient (Wildman–Crippen LogP) is 3.14. The van der Waals surface area contributed by atoms with Crippen LogP contribution in [0.2, 0.25) is 0 Å². The van der Waals surface area contributed by atoms with E-state index >= 15 is 0 Å². The third-order valence-corrected chi connectivity index (χ3v) is 5.95. The molecule has 0 spiro atoms. The molecule has 3 rings (SSSR count). The summed E-state index contributed by atoms with van der Waals surface area (Å²) in [5.41, 5.74) is 6.20. The summed E-state index contributed by atoms with van der Waals surface area (Å²) in [5, 5.41) is 18.1. The SMILES string of the molecule is COc1cccc(CCN(CCCO)C2CCc3cc(C=CC(=O)NO)ccc32)c1OC. The van der Waals surface area contributed by atoms with Crippen LogP contribution in [0.25, 0.3) is 6.08 Å². The molecule has 7 nitrogen and oxygen atoms in total. The summed E-state index contributed by atoms with van der Waals surface area (Å²) in [7, 11) is 3.30. The van der Waals surface area contributed by atoms with Crippen LogP contribution in [-0.2, 0) is 17.6 Å². The van der Waals surface area contributed by atoms with Crippen LogP contribution < -0.4 is 15.0 Å². The Labute approximate surface area is 189 Å². The molecule has 0 saturated heterocycles. The van der Waals surface area contributed by atoms with Crippen molar-refractivity contribution in [3.63, 3.8) is 0 Å².